The number of hydrogen-bond donors (Lipinski definition) is 1. The average molecular weight is 265 g/mol. The van der Waals surface area contributed by atoms with Gasteiger partial charge in [0.2, 0.25) is 0 Å². The summed E-state index contributed by atoms with van der Waals surface area (Å²) in [5, 5.41) is 3.27. The first-order chi connectivity index (χ1) is 9.22. The van der Waals surface area contributed by atoms with Crippen LogP contribution in [-0.4, -0.2) is 24.1 Å². The van der Waals surface area contributed by atoms with Crippen molar-refractivity contribution >= 4 is 5.82 Å². The summed E-state index contributed by atoms with van der Waals surface area (Å²) in [6, 6.07) is 2.10. The third-order valence-corrected chi connectivity index (χ3v) is 3.80. The minimum atomic E-state index is -0.251. The predicted molar refractivity (Wildman–Crippen MR) is 76.9 cm³/mol. The molecule has 19 heavy (non-hydrogen) atoms. The molecule has 1 aliphatic heterocycles. The number of anilines is 1. The number of halogens is 1. The zero-order valence-corrected chi connectivity index (χ0v) is 12.0. The van der Waals surface area contributed by atoms with Crippen LogP contribution in [0.1, 0.15) is 45.1 Å². The molecule has 4 heteroatoms. The fraction of sp³-hybridized carbons (Fsp3) is 0.667. The van der Waals surface area contributed by atoms with Crippen LogP contribution >= 0.6 is 0 Å². The molecule has 0 bridgehead atoms. The molecule has 3 nitrogen and oxygen atoms in total. The number of nitrogens with zero attached hydrogens (tertiary/aromatic N) is 2. The highest BCUT2D eigenvalue weighted by Crippen LogP contribution is 2.25. The van der Waals surface area contributed by atoms with E-state index in [2.05, 4.69) is 29.0 Å². The van der Waals surface area contributed by atoms with Gasteiger partial charge in [0.05, 0.1) is 6.20 Å². The van der Waals surface area contributed by atoms with Crippen LogP contribution in [0.4, 0.5) is 10.2 Å². The van der Waals surface area contributed by atoms with Crippen LogP contribution in [0.2, 0.25) is 0 Å². The molecule has 1 aliphatic rings. The van der Waals surface area contributed by atoms with E-state index in [0.29, 0.717) is 12.6 Å². The van der Waals surface area contributed by atoms with Crippen molar-refractivity contribution in [2.24, 2.45) is 0 Å². The van der Waals surface area contributed by atoms with E-state index < -0.39 is 0 Å². The molecule has 0 radical (unpaired) electrons. The van der Waals surface area contributed by atoms with Crippen molar-refractivity contribution in [1.29, 1.82) is 0 Å². The maximum atomic E-state index is 13.4. The first-order valence-corrected chi connectivity index (χ1v) is 7.34. The van der Waals surface area contributed by atoms with E-state index in [1.54, 1.807) is 6.07 Å². The summed E-state index contributed by atoms with van der Waals surface area (Å²) in [6.45, 7) is 6.89. The number of aromatic nitrogens is 1. The molecule has 1 atom stereocenters. The lowest BCUT2D eigenvalue weighted by atomic mass is 10.1. The van der Waals surface area contributed by atoms with Crippen molar-refractivity contribution in [2.45, 2.75) is 52.1 Å². The second-order valence-electron chi connectivity index (χ2n) is 5.31. The van der Waals surface area contributed by atoms with Gasteiger partial charge < -0.3 is 10.2 Å². The Labute approximate surface area is 115 Å². The van der Waals surface area contributed by atoms with Crippen molar-refractivity contribution in [3.8, 4) is 0 Å². The lowest BCUT2D eigenvalue weighted by molar-refractivity contribution is 0.592. The van der Waals surface area contributed by atoms with Gasteiger partial charge in [-0.3, -0.25) is 0 Å². The molecule has 2 heterocycles. The quantitative estimate of drug-likeness (QED) is 0.906. The highest BCUT2D eigenvalue weighted by molar-refractivity contribution is 5.48. The van der Waals surface area contributed by atoms with Crippen LogP contribution in [0.15, 0.2) is 12.3 Å². The van der Waals surface area contributed by atoms with E-state index in [-0.39, 0.29) is 5.82 Å². The molecule has 1 unspecified atom stereocenters. The van der Waals surface area contributed by atoms with Gasteiger partial charge in [-0.25, -0.2) is 9.37 Å². The fourth-order valence-electron chi connectivity index (χ4n) is 2.71. The Balaban J connectivity index is 2.25. The molecule has 0 aliphatic carbocycles. The van der Waals surface area contributed by atoms with Gasteiger partial charge in [-0.1, -0.05) is 19.8 Å². The summed E-state index contributed by atoms with van der Waals surface area (Å²) >= 11 is 0. The van der Waals surface area contributed by atoms with E-state index >= 15 is 0 Å². The smallest absolute Gasteiger partial charge is 0.141 e. The van der Waals surface area contributed by atoms with Crippen LogP contribution in [-0.2, 0) is 6.54 Å². The molecule has 0 saturated carbocycles. The molecule has 0 aromatic carbocycles. The van der Waals surface area contributed by atoms with E-state index in [1.165, 1.54) is 31.9 Å². The lowest BCUT2D eigenvalue weighted by Gasteiger charge is -2.30. The molecule has 106 valence electrons. The summed E-state index contributed by atoms with van der Waals surface area (Å²) in [6.07, 6.45) is 6.29. The molecular weight excluding hydrogens is 241 g/mol. The summed E-state index contributed by atoms with van der Waals surface area (Å²) in [4.78, 5) is 6.70. The van der Waals surface area contributed by atoms with Crippen LogP contribution in [0.25, 0.3) is 0 Å². The Morgan fingerprint density at radius 1 is 1.42 bits per heavy atom. The highest BCUT2D eigenvalue weighted by Gasteiger charge is 2.21. The monoisotopic (exact) mass is 265 g/mol. The van der Waals surface area contributed by atoms with Gasteiger partial charge in [0.15, 0.2) is 0 Å². The summed E-state index contributed by atoms with van der Waals surface area (Å²) in [7, 11) is 0. The van der Waals surface area contributed by atoms with Crippen LogP contribution in [0, 0.1) is 5.82 Å². The van der Waals surface area contributed by atoms with E-state index in [4.69, 9.17) is 0 Å². The van der Waals surface area contributed by atoms with Gasteiger partial charge in [0.25, 0.3) is 0 Å². The Kier molecular flexibility index (Phi) is 5.14. The minimum absolute atomic E-state index is 0.251. The molecule has 1 aromatic heterocycles. The summed E-state index contributed by atoms with van der Waals surface area (Å²) in [5.41, 5.74) is 0.968. The molecule has 0 amide bonds. The van der Waals surface area contributed by atoms with E-state index in [0.717, 1.165) is 24.5 Å². The third-order valence-electron chi connectivity index (χ3n) is 3.80. The molecule has 0 spiro atoms. The third kappa shape index (κ3) is 3.66. The lowest BCUT2D eigenvalue weighted by Crippen LogP contribution is -2.34. The second kappa shape index (κ2) is 6.85. The van der Waals surface area contributed by atoms with Crippen LogP contribution in [0.3, 0.4) is 0 Å². The number of pyridine rings is 1. The van der Waals surface area contributed by atoms with Gasteiger partial charge >= 0.3 is 0 Å². The van der Waals surface area contributed by atoms with E-state index in [9.17, 15) is 4.39 Å². The molecular formula is C15H24FN3. The van der Waals surface area contributed by atoms with Gasteiger partial charge in [-0.2, -0.15) is 0 Å². The first-order valence-electron chi connectivity index (χ1n) is 7.34. The van der Waals surface area contributed by atoms with Gasteiger partial charge in [0, 0.05) is 24.7 Å². The normalized spacial score (nSPS) is 20.4. The number of rotatable bonds is 4. The van der Waals surface area contributed by atoms with Crippen LogP contribution in [0.5, 0.6) is 0 Å². The summed E-state index contributed by atoms with van der Waals surface area (Å²) in [5.74, 6) is 0.705. The van der Waals surface area contributed by atoms with Crippen LogP contribution < -0.4 is 10.2 Å². The Bertz CT molecular complexity index is 408. The standard InChI is InChI=1S/C15H24FN3/c1-3-17-10-13-9-14(16)11-18-15(13)19-8-6-4-5-7-12(19)2/h9,11-12,17H,3-8,10H2,1-2H3. The highest BCUT2D eigenvalue weighted by atomic mass is 19.1. The zero-order valence-electron chi connectivity index (χ0n) is 12.0. The van der Waals surface area contributed by atoms with E-state index in [1.807, 2.05) is 0 Å². The van der Waals surface area contributed by atoms with Crippen molar-refractivity contribution in [1.82, 2.24) is 10.3 Å². The SMILES string of the molecule is CCNCc1cc(F)cnc1N1CCCCCC1C. The number of hydrogen-bond acceptors (Lipinski definition) is 3. The Morgan fingerprint density at radius 2 is 2.26 bits per heavy atom. The van der Waals surface area contributed by atoms with Crippen molar-refractivity contribution in [3.05, 3.63) is 23.6 Å². The molecule has 1 aromatic rings. The van der Waals surface area contributed by atoms with Crippen molar-refractivity contribution < 1.29 is 4.39 Å². The second-order valence-corrected chi connectivity index (χ2v) is 5.31. The van der Waals surface area contributed by atoms with Gasteiger partial charge in [-0.15, -0.1) is 0 Å². The maximum Gasteiger partial charge on any atom is 0.141 e. The maximum absolute atomic E-state index is 13.4. The van der Waals surface area contributed by atoms with Gasteiger partial charge in [-0.05, 0) is 32.4 Å². The van der Waals surface area contributed by atoms with Crippen molar-refractivity contribution in [3.63, 3.8) is 0 Å². The fourth-order valence-corrected chi connectivity index (χ4v) is 2.71. The van der Waals surface area contributed by atoms with Crippen molar-refractivity contribution in [2.75, 3.05) is 18.0 Å². The number of nitrogens with one attached hydrogen (secondary N) is 1. The molecule has 1 fully saturated rings. The topological polar surface area (TPSA) is 28.2 Å². The molecule has 1 saturated heterocycles. The Morgan fingerprint density at radius 3 is 3.05 bits per heavy atom. The average Bonchev–Trinajstić information content (AvgIpc) is 2.61. The Hall–Kier alpha value is -1.16. The summed E-state index contributed by atoms with van der Waals surface area (Å²) < 4.78 is 13.4. The van der Waals surface area contributed by atoms with Gasteiger partial charge in [0.1, 0.15) is 11.6 Å². The molecule has 2 rings (SSSR count). The molecule has 1 N–H and O–H groups in total. The largest absolute Gasteiger partial charge is 0.354 e. The first kappa shape index (κ1) is 14.3. The minimum Gasteiger partial charge on any atom is -0.354 e. The predicted octanol–water partition coefficient (Wildman–Crippen LogP) is 3.10. The zero-order chi connectivity index (χ0) is 13.7.